The van der Waals surface area contributed by atoms with Crippen LogP contribution in [-0.4, -0.2) is 38.0 Å². The number of nitrogens with one attached hydrogen (secondary N) is 2. The van der Waals surface area contributed by atoms with Gasteiger partial charge in [-0.05, 0) is 17.7 Å². The molecule has 0 spiro atoms. The molecule has 3 amide bonds. The third kappa shape index (κ3) is 5.24. The number of hydrogen-bond donors (Lipinski definition) is 2. The van der Waals surface area contributed by atoms with Gasteiger partial charge < -0.3 is 20.3 Å². The van der Waals surface area contributed by atoms with Crippen LogP contribution in [0.15, 0.2) is 48.5 Å². The largest absolute Gasteiger partial charge is 0.496 e. The van der Waals surface area contributed by atoms with E-state index in [1.54, 1.807) is 27.3 Å². The van der Waals surface area contributed by atoms with E-state index in [4.69, 9.17) is 4.74 Å². The molecule has 6 nitrogen and oxygen atoms in total. The van der Waals surface area contributed by atoms with Gasteiger partial charge in [0.1, 0.15) is 5.75 Å². The Bertz CT molecular complexity index is 744. The number of ether oxygens (including phenoxy) is 1. The van der Waals surface area contributed by atoms with Crippen LogP contribution >= 0.6 is 0 Å². The number of carbonyl (C=O) groups is 2. The summed E-state index contributed by atoms with van der Waals surface area (Å²) in [5.41, 5.74) is 2.28. The van der Waals surface area contributed by atoms with Gasteiger partial charge in [0.05, 0.1) is 13.5 Å². The maximum atomic E-state index is 12.2. The first kappa shape index (κ1) is 18.3. The minimum atomic E-state index is -0.337. The van der Waals surface area contributed by atoms with E-state index in [1.165, 1.54) is 4.90 Å². The summed E-state index contributed by atoms with van der Waals surface area (Å²) in [5, 5.41) is 5.60. The predicted molar refractivity (Wildman–Crippen MR) is 97.7 cm³/mol. The van der Waals surface area contributed by atoms with Crippen LogP contribution in [0.3, 0.4) is 0 Å². The zero-order valence-electron chi connectivity index (χ0n) is 14.7. The minimum Gasteiger partial charge on any atom is -0.496 e. The first-order chi connectivity index (χ1) is 12.0. The molecular formula is C19H23N3O3. The average Bonchev–Trinajstić information content (AvgIpc) is 2.61. The summed E-state index contributed by atoms with van der Waals surface area (Å²) in [6.45, 7) is 0.342. The van der Waals surface area contributed by atoms with Gasteiger partial charge in [0.25, 0.3) is 0 Å². The average molecular weight is 341 g/mol. The van der Waals surface area contributed by atoms with Crippen LogP contribution in [0.1, 0.15) is 11.1 Å². The lowest BCUT2D eigenvalue weighted by atomic mass is 10.1. The lowest BCUT2D eigenvalue weighted by Crippen LogP contribution is -2.29. The Morgan fingerprint density at radius 2 is 1.64 bits per heavy atom. The molecule has 0 heterocycles. The van der Waals surface area contributed by atoms with E-state index >= 15 is 0 Å². The number of urea groups is 1. The van der Waals surface area contributed by atoms with E-state index in [2.05, 4.69) is 10.6 Å². The zero-order valence-corrected chi connectivity index (χ0v) is 14.7. The van der Waals surface area contributed by atoms with Crippen LogP contribution in [0.25, 0.3) is 0 Å². The Morgan fingerprint density at radius 3 is 2.32 bits per heavy atom. The smallest absolute Gasteiger partial charge is 0.319 e. The third-order valence-electron chi connectivity index (χ3n) is 3.74. The quantitative estimate of drug-likeness (QED) is 0.848. The molecule has 132 valence electrons. The summed E-state index contributed by atoms with van der Waals surface area (Å²) in [6.07, 6.45) is 0.232. The second-order valence-corrected chi connectivity index (χ2v) is 5.74. The Morgan fingerprint density at radius 1 is 1.00 bits per heavy atom. The summed E-state index contributed by atoms with van der Waals surface area (Å²) in [7, 11) is 5.01. The zero-order chi connectivity index (χ0) is 18.2. The van der Waals surface area contributed by atoms with E-state index < -0.39 is 0 Å². The molecule has 25 heavy (non-hydrogen) atoms. The number of rotatable bonds is 6. The number of nitrogens with zero attached hydrogens (tertiary/aromatic N) is 1. The van der Waals surface area contributed by atoms with Crippen molar-refractivity contribution in [1.82, 2.24) is 10.2 Å². The van der Waals surface area contributed by atoms with Gasteiger partial charge in [-0.25, -0.2) is 4.79 Å². The Labute approximate surface area is 147 Å². The molecule has 0 aliphatic heterocycles. The molecule has 0 bridgehead atoms. The molecule has 0 saturated carbocycles. The maximum Gasteiger partial charge on any atom is 0.319 e. The topological polar surface area (TPSA) is 70.7 Å². The number of anilines is 1. The van der Waals surface area contributed by atoms with Gasteiger partial charge >= 0.3 is 6.03 Å². The number of methoxy groups -OCH3 is 1. The van der Waals surface area contributed by atoms with Crippen molar-refractivity contribution in [2.75, 3.05) is 26.5 Å². The summed E-state index contributed by atoms with van der Waals surface area (Å²) >= 11 is 0. The molecule has 0 atom stereocenters. The predicted octanol–water partition coefficient (Wildman–Crippen LogP) is 2.65. The standard InChI is InChI=1S/C19H23N3O3/c1-22(2)18(23)12-14-8-4-6-10-16(14)21-19(24)20-13-15-9-5-7-11-17(15)25-3/h4-11H,12-13H2,1-3H3,(H2,20,21,24). The number of likely N-dealkylation sites (N-methyl/N-ethyl adjacent to an activating group) is 1. The van der Waals surface area contributed by atoms with Crippen LogP contribution in [0.5, 0.6) is 5.75 Å². The molecule has 6 heteroatoms. The highest BCUT2D eigenvalue weighted by atomic mass is 16.5. The fourth-order valence-corrected chi connectivity index (χ4v) is 2.31. The Kier molecular flexibility index (Phi) is 6.39. The van der Waals surface area contributed by atoms with Crippen molar-refractivity contribution in [3.8, 4) is 5.75 Å². The third-order valence-corrected chi connectivity index (χ3v) is 3.74. The van der Waals surface area contributed by atoms with E-state index in [0.29, 0.717) is 12.2 Å². The molecule has 2 aromatic carbocycles. The number of benzene rings is 2. The van der Waals surface area contributed by atoms with Crippen molar-refractivity contribution >= 4 is 17.6 Å². The molecule has 0 unspecified atom stereocenters. The highest BCUT2D eigenvalue weighted by Gasteiger charge is 2.11. The lowest BCUT2D eigenvalue weighted by molar-refractivity contribution is -0.127. The van der Waals surface area contributed by atoms with Gasteiger partial charge in [-0.15, -0.1) is 0 Å². The molecule has 0 aliphatic rings. The van der Waals surface area contributed by atoms with E-state index in [9.17, 15) is 9.59 Å². The van der Waals surface area contributed by atoms with E-state index in [0.717, 1.165) is 16.9 Å². The van der Waals surface area contributed by atoms with Crippen LogP contribution in [-0.2, 0) is 17.8 Å². The number of hydrogen-bond acceptors (Lipinski definition) is 3. The highest BCUT2D eigenvalue weighted by molar-refractivity contribution is 5.91. The van der Waals surface area contributed by atoms with Gasteiger partial charge in [0.2, 0.25) is 5.91 Å². The minimum absolute atomic E-state index is 0.0244. The SMILES string of the molecule is COc1ccccc1CNC(=O)Nc1ccccc1CC(=O)N(C)C. The van der Waals surface area contributed by atoms with Gasteiger partial charge in [-0.1, -0.05) is 36.4 Å². The van der Waals surface area contributed by atoms with Crippen LogP contribution in [0.2, 0.25) is 0 Å². The molecule has 0 aliphatic carbocycles. The first-order valence-electron chi connectivity index (χ1n) is 7.96. The fourth-order valence-electron chi connectivity index (χ4n) is 2.31. The maximum absolute atomic E-state index is 12.2. The van der Waals surface area contributed by atoms with Crippen LogP contribution < -0.4 is 15.4 Å². The molecule has 0 radical (unpaired) electrons. The summed E-state index contributed by atoms with van der Waals surface area (Å²) in [6, 6.07) is 14.4. The summed E-state index contributed by atoms with van der Waals surface area (Å²) in [4.78, 5) is 25.6. The Hall–Kier alpha value is -3.02. The molecule has 0 saturated heterocycles. The van der Waals surface area contributed by atoms with E-state index in [-0.39, 0.29) is 18.4 Å². The van der Waals surface area contributed by atoms with Gasteiger partial charge in [0.15, 0.2) is 0 Å². The Balaban J connectivity index is 2.00. The molecular weight excluding hydrogens is 318 g/mol. The lowest BCUT2D eigenvalue weighted by Gasteiger charge is -2.15. The van der Waals surface area contributed by atoms with Crippen molar-refractivity contribution in [2.24, 2.45) is 0 Å². The number of para-hydroxylation sites is 2. The first-order valence-corrected chi connectivity index (χ1v) is 7.96. The summed E-state index contributed by atoms with van der Waals surface area (Å²) < 4.78 is 5.27. The number of carbonyl (C=O) groups excluding carboxylic acids is 2. The molecule has 0 aromatic heterocycles. The van der Waals surface area contributed by atoms with Crippen molar-refractivity contribution in [3.05, 3.63) is 59.7 Å². The second kappa shape index (κ2) is 8.73. The van der Waals surface area contributed by atoms with Crippen LogP contribution in [0.4, 0.5) is 10.5 Å². The van der Waals surface area contributed by atoms with Crippen molar-refractivity contribution < 1.29 is 14.3 Å². The fraction of sp³-hybridized carbons (Fsp3) is 0.263. The van der Waals surface area contributed by atoms with E-state index in [1.807, 2.05) is 42.5 Å². The molecule has 2 rings (SSSR count). The van der Waals surface area contributed by atoms with Gasteiger partial charge in [-0.3, -0.25) is 4.79 Å². The van der Waals surface area contributed by atoms with Gasteiger partial charge in [0, 0.05) is 31.9 Å². The number of amides is 3. The normalized spacial score (nSPS) is 10.0. The van der Waals surface area contributed by atoms with Crippen molar-refractivity contribution in [2.45, 2.75) is 13.0 Å². The monoisotopic (exact) mass is 341 g/mol. The van der Waals surface area contributed by atoms with Gasteiger partial charge in [-0.2, -0.15) is 0 Å². The summed E-state index contributed by atoms with van der Waals surface area (Å²) in [5.74, 6) is 0.698. The second-order valence-electron chi connectivity index (χ2n) is 5.74. The molecule has 2 aromatic rings. The van der Waals surface area contributed by atoms with Crippen molar-refractivity contribution in [3.63, 3.8) is 0 Å². The molecule has 2 N–H and O–H groups in total. The van der Waals surface area contributed by atoms with Crippen molar-refractivity contribution in [1.29, 1.82) is 0 Å². The van der Waals surface area contributed by atoms with Crippen LogP contribution in [0, 0.1) is 0 Å². The highest BCUT2D eigenvalue weighted by Crippen LogP contribution is 2.18. The molecule has 0 fully saturated rings.